The van der Waals surface area contributed by atoms with Crippen LogP contribution in [0.3, 0.4) is 0 Å². The number of hydrogen-bond acceptors (Lipinski definition) is 8. The van der Waals surface area contributed by atoms with Crippen molar-refractivity contribution in [2.75, 3.05) is 0 Å². The van der Waals surface area contributed by atoms with E-state index in [-0.39, 0.29) is 57.1 Å². The van der Waals surface area contributed by atoms with Gasteiger partial charge in [0.1, 0.15) is 23.0 Å². The van der Waals surface area contributed by atoms with E-state index in [1.165, 1.54) is 48.5 Å². The quantitative estimate of drug-likeness (QED) is 0.138. The highest BCUT2D eigenvalue weighted by Gasteiger charge is 2.17. The van der Waals surface area contributed by atoms with Crippen molar-refractivity contribution in [3.05, 3.63) is 82.9 Å². The number of rotatable bonds is 7. The Hall–Kier alpha value is -4.72. The number of benzene rings is 4. The molecule has 4 aromatic rings. The van der Waals surface area contributed by atoms with E-state index in [4.69, 9.17) is 0 Å². The molecule has 36 heavy (non-hydrogen) atoms. The first-order valence-electron chi connectivity index (χ1n) is 11.2. The van der Waals surface area contributed by atoms with E-state index in [1.807, 2.05) is 0 Å². The third-order valence-corrected chi connectivity index (χ3v) is 6.13. The molecule has 0 saturated heterocycles. The van der Waals surface area contributed by atoms with Gasteiger partial charge < -0.3 is 40.9 Å². The lowest BCUT2D eigenvalue weighted by molar-refractivity contribution is 0.403. The van der Waals surface area contributed by atoms with Gasteiger partial charge in [0.15, 0.2) is 23.0 Å². The molecule has 8 heteroatoms. The van der Waals surface area contributed by atoms with Gasteiger partial charge in [-0.3, -0.25) is 0 Å². The van der Waals surface area contributed by atoms with Crippen molar-refractivity contribution in [3.8, 4) is 57.1 Å². The van der Waals surface area contributed by atoms with Crippen LogP contribution >= 0.6 is 0 Å². The molecule has 0 heterocycles. The van der Waals surface area contributed by atoms with Gasteiger partial charge in [-0.05, 0) is 96.5 Å². The highest BCUT2D eigenvalue weighted by atomic mass is 16.3. The van der Waals surface area contributed by atoms with Gasteiger partial charge in [0, 0.05) is 11.1 Å². The lowest BCUT2D eigenvalue weighted by atomic mass is 9.95. The zero-order valence-corrected chi connectivity index (χ0v) is 19.2. The van der Waals surface area contributed by atoms with Gasteiger partial charge in [-0.15, -0.1) is 0 Å². The lowest BCUT2D eigenvalue weighted by Crippen LogP contribution is -1.95. The molecule has 0 aromatic heterocycles. The molecule has 0 bridgehead atoms. The van der Waals surface area contributed by atoms with Crippen LogP contribution in [0.25, 0.3) is 11.1 Å². The number of aromatic hydroxyl groups is 8. The van der Waals surface area contributed by atoms with Crippen molar-refractivity contribution in [1.29, 1.82) is 0 Å². The van der Waals surface area contributed by atoms with Crippen molar-refractivity contribution in [1.82, 2.24) is 0 Å². The van der Waals surface area contributed by atoms with E-state index < -0.39 is 0 Å². The van der Waals surface area contributed by atoms with Gasteiger partial charge in [-0.1, -0.05) is 12.1 Å². The Morgan fingerprint density at radius 2 is 0.722 bits per heavy atom. The molecule has 0 amide bonds. The van der Waals surface area contributed by atoms with Crippen molar-refractivity contribution in [2.45, 2.75) is 25.7 Å². The number of phenols is 8. The predicted molar refractivity (Wildman–Crippen MR) is 133 cm³/mol. The summed E-state index contributed by atoms with van der Waals surface area (Å²) in [5.41, 5.74) is 2.63. The maximum atomic E-state index is 10.6. The van der Waals surface area contributed by atoms with Crippen LogP contribution in [-0.2, 0) is 25.7 Å². The van der Waals surface area contributed by atoms with Crippen LogP contribution in [0.2, 0.25) is 0 Å². The fourth-order valence-corrected chi connectivity index (χ4v) is 4.08. The molecular formula is C28H26O8. The zero-order valence-electron chi connectivity index (χ0n) is 19.2. The number of aryl methyl sites for hydroxylation is 4. The Labute approximate surface area is 206 Å². The molecule has 186 valence electrons. The summed E-state index contributed by atoms with van der Waals surface area (Å²) in [5.74, 6) is -1.54. The second kappa shape index (κ2) is 9.87. The van der Waals surface area contributed by atoms with Gasteiger partial charge in [-0.25, -0.2) is 0 Å². The van der Waals surface area contributed by atoms with Crippen LogP contribution in [0, 0.1) is 0 Å². The van der Waals surface area contributed by atoms with Crippen molar-refractivity contribution < 1.29 is 40.9 Å². The molecule has 0 radical (unpaired) electrons. The molecule has 8 N–H and O–H groups in total. The van der Waals surface area contributed by atoms with Crippen LogP contribution in [0.1, 0.15) is 22.3 Å². The van der Waals surface area contributed by atoms with E-state index in [0.29, 0.717) is 36.8 Å². The minimum Gasteiger partial charge on any atom is -0.508 e. The summed E-state index contributed by atoms with van der Waals surface area (Å²) in [6.07, 6.45) is 1.54. The molecule has 0 aliphatic heterocycles. The lowest BCUT2D eigenvalue weighted by Gasteiger charge is -2.14. The summed E-state index contributed by atoms with van der Waals surface area (Å²) in [4.78, 5) is 0. The van der Waals surface area contributed by atoms with Crippen molar-refractivity contribution in [2.24, 2.45) is 0 Å². The Bertz CT molecular complexity index is 1320. The summed E-state index contributed by atoms with van der Waals surface area (Å²) in [6.45, 7) is 0. The van der Waals surface area contributed by atoms with E-state index >= 15 is 0 Å². The molecule has 0 unspecified atom stereocenters. The van der Waals surface area contributed by atoms with Crippen LogP contribution in [0.4, 0.5) is 0 Å². The Balaban J connectivity index is 1.52. The molecule has 0 saturated carbocycles. The summed E-state index contributed by atoms with van der Waals surface area (Å²) >= 11 is 0. The SMILES string of the molecule is Oc1ccc(CCc2cc(O)c(-c3cc(O)c(CCc4ccc(O)c(O)c4)cc3O)cc2O)cc1O. The maximum Gasteiger partial charge on any atom is 0.157 e. The standard InChI is InChI=1S/C28H26O8/c29-21-7-3-15(9-27(21)35)1-5-17-11-25(33)19(13-23(17)31)20-14-24(32)18(12-26(20)34)6-2-16-4-8-22(30)28(36)10-16/h3-4,7-14,29-36H,1-2,5-6H2. The fourth-order valence-electron chi connectivity index (χ4n) is 4.08. The molecule has 0 spiro atoms. The highest BCUT2D eigenvalue weighted by Crippen LogP contribution is 2.42. The van der Waals surface area contributed by atoms with Crippen LogP contribution < -0.4 is 0 Å². The molecule has 0 fully saturated rings. The van der Waals surface area contributed by atoms with E-state index in [1.54, 1.807) is 12.1 Å². The zero-order chi connectivity index (χ0) is 26.0. The van der Waals surface area contributed by atoms with Gasteiger partial charge in [-0.2, -0.15) is 0 Å². The van der Waals surface area contributed by atoms with Gasteiger partial charge >= 0.3 is 0 Å². The molecule has 4 aromatic carbocycles. The van der Waals surface area contributed by atoms with Crippen LogP contribution in [0.5, 0.6) is 46.0 Å². The first-order valence-corrected chi connectivity index (χ1v) is 11.2. The molecular weight excluding hydrogens is 464 g/mol. The third-order valence-electron chi connectivity index (χ3n) is 6.13. The molecule has 8 nitrogen and oxygen atoms in total. The van der Waals surface area contributed by atoms with Gasteiger partial charge in [0.2, 0.25) is 0 Å². The van der Waals surface area contributed by atoms with Gasteiger partial charge in [0.25, 0.3) is 0 Å². The normalized spacial score (nSPS) is 11.0. The molecule has 4 rings (SSSR count). The molecule has 0 aliphatic rings. The number of hydrogen-bond donors (Lipinski definition) is 8. The summed E-state index contributed by atoms with van der Waals surface area (Å²) in [6, 6.07) is 14.3. The molecule has 0 aliphatic carbocycles. The first-order chi connectivity index (χ1) is 17.1. The van der Waals surface area contributed by atoms with E-state index in [0.717, 1.165) is 11.1 Å². The smallest absolute Gasteiger partial charge is 0.157 e. The average molecular weight is 491 g/mol. The monoisotopic (exact) mass is 490 g/mol. The first kappa shape index (κ1) is 24.4. The Morgan fingerprint density at radius 1 is 0.333 bits per heavy atom. The summed E-state index contributed by atoms with van der Waals surface area (Å²) in [7, 11) is 0. The van der Waals surface area contributed by atoms with E-state index in [2.05, 4.69) is 0 Å². The highest BCUT2D eigenvalue weighted by molar-refractivity contribution is 5.79. The Morgan fingerprint density at radius 3 is 1.08 bits per heavy atom. The molecule has 0 atom stereocenters. The summed E-state index contributed by atoms with van der Waals surface area (Å²) in [5, 5.41) is 80.4. The maximum absolute atomic E-state index is 10.6. The number of phenolic OH excluding ortho intramolecular Hbond substituents is 8. The van der Waals surface area contributed by atoms with E-state index in [9.17, 15) is 40.9 Å². The van der Waals surface area contributed by atoms with Crippen LogP contribution in [0.15, 0.2) is 60.7 Å². The largest absolute Gasteiger partial charge is 0.508 e. The minimum absolute atomic E-state index is 0.110. The second-order valence-electron chi connectivity index (χ2n) is 8.64. The fraction of sp³-hybridized carbons (Fsp3) is 0.143. The van der Waals surface area contributed by atoms with Crippen molar-refractivity contribution in [3.63, 3.8) is 0 Å². The van der Waals surface area contributed by atoms with Gasteiger partial charge in [0.05, 0.1) is 0 Å². The predicted octanol–water partition coefficient (Wildman–Crippen LogP) is 4.57. The average Bonchev–Trinajstić information content (AvgIpc) is 2.84. The summed E-state index contributed by atoms with van der Waals surface area (Å²) < 4.78 is 0. The van der Waals surface area contributed by atoms with Crippen LogP contribution in [-0.4, -0.2) is 40.9 Å². The Kier molecular flexibility index (Phi) is 6.69. The topological polar surface area (TPSA) is 162 Å². The third kappa shape index (κ3) is 5.17. The second-order valence-corrected chi connectivity index (χ2v) is 8.64. The minimum atomic E-state index is -0.241. The van der Waals surface area contributed by atoms with Crippen molar-refractivity contribution >= 4 is 0 Å².